The molecule has 2 heterocycles. The summed E-state index contributed by atoms with van der Waals surface area (Å²) in [4.78, 5) is 20.4. The lowest BCUT2D eigenvalue weighted by atomic mass is 9.90. The number of ether oxygens (including phenoxy) is 1. The molecule has 7 nitrogen and oxygen atoms in total. The van der Waals surface area contributed by atoms with E-state index in [1.54, 1.807) is 31.5 Å². The van der Waals surface area contributed by atoms with E-state index < -0.39 is 34.9 Å². The summed E-state index contributed by atoms with van der Waals surface area (Å²) in [6.07, 6.45) is -3.38. The topological polar surface area (TPSA) is 70.8 Å². The molecule has 1 aromatic carbocycles. The highest BCUT2D eigenvalue weighted by Gasteiger charge is 2.40. The lowest BCUT2D eigenvalue weighted by Gasteiger charge is -2.38. The van der Waals surface area contributed by atoms with E-state index in [4.69, 9.17) is 4.74 Å². The number of aromatic nitrogens is 2. The Hall–Kier alpha value is -2.66. The van der Waals surface area contributed by atoms with Crippen molar-refractivity contribution < 1.29 is 32.2 Å². The zero-order chi connectivity index (χ0) is 26.2. The summed E-state index contributed by atoms with van der Waals surface area (Å²) in [5, 5.41) is 11.5. The van der Waals surface area contributed by atoms with Crippen molar-refractivity contribution in [3.05, 3.63) is 41.6 Å². The van der Waals surface area contributed by atoms with Crippen molar-refractivity contribution >= 4 is 6.09 Å². The van der Waals surface area contributed by atoms with Crippen molar-refractivity contribution in [3.63, 3.8) is 0 Å². The zero-order valence-electron chi connectivity index (χ0n) is 20.6. The van der Waals surface area contributed by atoms with Gasteiger partial charge in [-0.1, -0.05) is 0 Å². The number of amides is 1. The summed E-state index contributed by atoms with van der Waals surface area (Å²) in [5.41, 5.74) is -3.11. The standard InChI is InChI=1S/C24H32F4N4O3/c1-22(2,3)35-21(33)31-10-8-23(34,9-11-31)20-29-19(15-32(20)13-12-30(4)5)16-6-7-18(25)17(14-16)24(26,27)28/h6-7,14-15,34H,8-13H2,1-5H3. The molecule has 0 unspecified atom stereocenters. The van der Waals surface area contributed by atoms with Crippen LogP contribution in [0.3, 0.4) is 0 Å². The Morgan fingerprint density at radius 2 is 1.83 bits per heavy atom. The fourth-order valence-electron chi connectivity index (χ4n) is 3.92. The maximum atomic E-state index is 13.8. The summed E-state index contributed by atoms with van der Waals surface area (Å²) >= 11 is 0. The van der Waals surface area contributed by atoms with Gasteiger partial charge in [-0.05, 0) is 53.1 Å². The molecule has 194 valence electrons. The Morgan fingerprint density at radius 1 is 1.20 bits per heavy atom. The molecule has 1 amide bonds. The summed E-state index contributed by atoms with van der Waals surface area (Å²) < 4.78 is 60.6. The van der Waals surface area contributed by atoms with Crippen LogP contribution in [0.25, 0.3) is 11.3 Å². The van der Waals surface area contributed by atoms with Crippen molar-refractivity contribution in [1.29, 1.82) is 0 Å². The highest BCUT2D eigenvalue weighted by atomic mass is 19.4. The Kier molecular flexibility index (Phi) is 7.52. The van der Waals surface area contributed by atoms with E-state index in [1.165, 1.54) is 11.0 Å². The monoisotopic (exact) mass is 500 g/mol. The largest absolute Gasteiger partial charge is 0.444 e. The number of hydrogen-bond acceptors (Lipinski definition) is 5. The highest BCUT2D eigenvalue weighted by Crippen LogP contribution is 2.37. The van der Waals surface area contributed by atoms with E-state index in [0.717, 1.165) is 12.1 Å². The summed E-state index contributed by atoms with van der Waals surface area (Å²) in [6, 6.07) is 2.74. The number of likely N-dealkylation sites (N-methyl/N-ethyl adjacent to an activating group) is 1. The van der Waals surface area contributed by atoms with E-state index in [2.05, 4.69) is 4.98 Å². The number of halogens is 4. The van der Waals surface area contributed by atoms with E-state index in [9.17, 15) is 27.5 Å². The summed E-state index contributed by atoms with van der Waals surface area (Å²) in [6.45, 7) is 6.81. The third-order valence-corrected chi connectivity index (χ3v) is 5.79. The number of benzene rings is 1. The van der Waals surface area contributed by atoms with Crippen LogP contribution in [0, 0.1) is 5.82 Å². The minimum absolute atomic E-state index is 0.0957. The van der Waals surface area contributed by atoms with E-state index >= 15 is 0 Å². The van der Waals surface area contributed by atoms with Gasteiger partial charge in [0.2, 0.25) is 0 Å². The Morgan fingerprint density at radius 3 is 2.37 bits per heavy atom. The van der Waals surface area contributed by atoms with E-state index in [-0.39, 0.29) is 37.2 Å². The number of carbonyl (C=O) groups excluding carboxylic acids is 1. The Balaban J connectivity index is 1.91. The molecule has 0 spiro atoms. The second-order valence-electron chi connectivity index (χ2n) is 10.1. The third kappa shape index (κ3) is 6.52. The second-order valence-corrected chi connectivity index (χ2v) is 10.1. The maximum Gasteiger partial charge on any atom is 0.419 e. The van der Waals surface area contributed by atoms with Gasteiger partial charge in [0.1, 0.15) is 22.8 Å². The second kappa shape index (κ2) is 9.77. The molecule has 1 aromatic heterocycles. The van der Waals surface area contributed by atoms with Crippen molar-refractivity contribution in [2.24, 2.45) is 0 Å². The van der Waals surface area contributed by atoms with Gasteiger partial charge in [0.15, 0.2) is 0 Å². The molecule has 1 saturated heterocycles. The number of rotatable bonds is 5. The van der Waals surface area contributed by atoms with Gasteiger partial charge < -0.3 is 24.2 Å². The average molecular weight is 501 g/mol. The van der Waals surface area contributed by atoms with E-state index in [1.807, 2.05) is 19.0 Å². The van der Waals surface area contributed by atoms with Gasteiger partial charge in [-0.2, -0.15) is 13.2 Å². The summed E-state index contributed by atoms with van der Waals surface area (Å²) in [7, 11) is 3.75. The first-order valence-electron chi connectivity index (χ1n) is 11.4. The van der Waals surface area contributed by atoms with Crippen molar-refractivity contribution in [2.75, 3.05) is 33.7 Å². The minimum atomic E-state index is -4.84. The number of piperidine rings is 1. The number of alkyl halides is 3. The minimum Gasteiger partial charge on any atom is -0.444 e. The van der Waals surface area contributed by atoms with Crippen LogP contribution in [-0.4, -0.2) is 69.9 Å². The molecule has 1 aliphatic heterocycles. The molecule has 0 saturated carbocycles. The van der Waals surface area contributed by atoms with Gasteiger partial charge in [0.25, 0.3) is 0 Å². The highest BCUT2D eigenvalue weighted by molar-refractivity contribution is 5.68. The molecule has 0 bridgehead atoms. The lowest BCUT2D eigenvalue weighted by molar-refractivity contribution is -0.139. The van der Waals surface area contributed by atoms with Crippen LogP contribution in [0.1, 0.15) is 45.0 Å². The Labute approximate surface area is 202 Å². The predicted octanol–water partition coefficient (Wildman–Crippen LogP) is 4.49. The van der Waals surface area contributed by atoms with Gasteiger partial charge in [-0.3, -0.25) is 0 Å². The third-order valence-electron chi connectivity index (χ3n) is 5.79. The fraction of sp³-hybridized carbons (Fsp3) is 0.583. The van der Waals surface area contributed by atoms with Gasteiger partial charge in [-0.25, -0.2) is 14.2 Å². The molecule has 1 N–H and O–H groups in total. The smallest absolute Gasteiger partial charge is 0.419 e. The first-order valence-corrected chi connectivity index (χ1v) is 11.4. The molecule has 11 heteroatoms. The molecule has 0 aliphatic carbocycles. The molecule has 1 fully saturated rings. The Bertz CT molecular complexity index is 1050. The number of imidazole rings is 1. The average Bonchev–Trinajstić information content (AvgIpc) is 3.16. The van der Waals surface area contributed by atoms with Gasteiger partial charge in [0.05, 0.1) is 11.3 Å². The molecule has 2 aromatic rings. The zero-order valence-corrected chi connectivity index (χ0v) is 20.6. The van der Waals surface area contributed by atoms with Crippen molar-refractivity contribution in [3.8, 4) is 11.3 Å². The molecule has 3 rings (SSSR count). The number of aliphatic hydroxyl groups is 1. The predicted molar refractivity (Wildman–Crippen MR) is 122 cm³/mol. The van der Waals surface area contributed by atoms with Crippen LogP contribution < -0.4 is 0 Å². The first kappa shape index (κ1) is 26.9. The number of hydrogen-bond donors (Lipinski definition) is 1. The van der Waals surface area contributed by atoms with Gasteiger partial charge in [-0.15, -0.1) is 0 Å². The van der Waals surface area contributed by atoms with Crippen LogP contribution in [-0.2, 0) is 23.1 Å². The normalized spacial score (nSPS) is 16.6. The fourth-order valence-corrected chi connectivity index (χ4v) is 3.92. The van der Waals surface area contributed by atoms with Crippen molar-refractivity contribution in [1.82, 2.24) is 19.4 Å². The quantitative estimate of drug-likeness (QED) is 0.613. The van der Waals surface area contributed by atoms with Gasteiger partial charge in [0, 0.05) is 50.8 Å². The number of nitrogens with zero attached hydrogens (tertiary/aromatic N) is 4. The molecule has 1 aliphatic rings. The van der Waals surface area contributed by atoms with Crippen LogP contribution >= 0.6 is 0 Å². The lowest BCUT2D eigenvalue weighted by Crippen LogP contribution is -2.47. The first-order chi connectivity index (χ1) is 16.1. The molecular weight excluding hydrogens is 468 g/mol. The van der Waals surface area contributed by atoms with Crippen LogP contribution in [0.4, 0.5) is 22.4 Å². The molecule has 0 atom stereocenters. The van der Waals surface area contributed by atoms with Crippen LogP contribution in [0.2, 0.25) is 0 Å². The van der Waals surface area contributed by atoms with E-state index in [0.29, 0.717) is 18.9 Å². The van der Waals surface area contributed by atoms with Crippen LogP contribution in [0.15, 0.2) is 24.4 Å². The summed E-state index contributed by atoms with van der Waals surface area (Å²) in [5.74, 6) is -1.06. The SMILES string of the molecule is CN(C)CCn1cc(-c2ccc(F)c(C(F)(F)F)c2)nc1C1(O)CCN(C(=O)OC(C)(C)C)CC1. The van der Waals surface area contributed by atoms with Crippen LogP contribution in [0.5, 0.6) is 0 Å². The van der Waals surface area contributed by atoms with Gasteiger partial charge >= 0.3 is 12.3 Å². The van der Waals surface area contributed by atoms with Crippen molar-refractivity contribution in [2.45, 2.75) is 57.5 Å². The number of likely N-dealkylation sites (tertiary alicyclic amines) is 1. The number of carbonyl (C=O) groups is 1. The molecular formula is C24H32F4N4O3. The molecule has 35 heavy (non-hydrogen) atoms. The maximum absolute atomic E-state index is 13.8. The molecule has 0 radical (unpaired) electrons.